The first-order chi connectivity index (χ1) is 5.13. The van der Waals surface area contributed by atoms with Crippen LogP contribution >= 0.6 is 0 Å². The van der Waals surface area contributed by atoms with Crippen molar-refractivity contribution in [3.8, 4) is 0 Å². The molecule has 1 radical (unpaired) electrons. The molecule has 0 fully saturated rings. The van der Waals surface area contributed by atoms with Crippen LogP contribution in [0.15, 0.2) is 0 Å². The Balaban J connectivity index is 0.00000121. The Morgan fingerprint density at radius 2 is 1.67 bits per heavy atom. The zero-order chi connectivity index (χ0) is 8.43. The Kier molecular flexibility index (Phi) is 5.18. The molecule has 1 aromatic heterocycles. The molecule has 1 heterocycles. The molecular formula is C8H14N3Y-. The van der Waals surface area contributed by atoms with Gasteiger partial charge in [0.05, 0.1) is 0 Å². The molecule has 0 N–H and O–H groups in total. The number of nitrogens with zero attached hydrogens (tertiary/aromatic N) is 3. The van der Waals surface area contributed by atoms with Gasteiger partial charge in [0.25, 0.3) is 0 Å². The van der Waals surface area contributed by atoms with Crippen LogP contribution in [0.5, 0.6) is 0 Å². The van der Waals surface area contributed by atoms with E-state index in [0.29, 0.717) is 11.8 Å². The van der Waals surface area contributed by atoms with Crippen LogP contribution in [0.25, 0.3) is 0 Å². The van der Waals surface area contributed by atoms with Crippen molar-refractivity contribution in [2.45, 2.75) is 39.5 Å². The second-order valence-electron chi connectivity index (χ2n) is 3.37. The minimum absolute atomic E-state index is 0. The maximum atomic E-state index is 3.98. The van der Waals surface area contributed by atoms with E-state index < -0.39 is 0 Å². The summed E-state index contributed by atoms with van der Waals surface area (Å²) in [6.07, 6.45) is 0. The van der Waals surface area contributed by atoms with E-state index in [1.807, 2.05) is 0 Å². The Bertz CT molecular complexity index is 207. The van der Waals surface area contributed by atoms with Crippen LogP contribution in [0, 0.1) is 0 Å². The van der Waals surface area contributed by atoms with Crippen molar-refractivity contribution in [1.82, 2.24) is 15.4 Å². The summed E-state index contributed by atoms with van der Waals surface area (Å²) in [5.74, 6) is 0.866. The summed E-state index contributed by atoms with van der Waals surface area (Å²) in [4.78, 5) is 0. The molecule has 4 heteroatoms. The van der Waals surface area contributed by atoms with E-state index in [1.165, 1.54) is 0 Å². The molecule has 0 bridgehead atoms. The van der Waals surface area contributed by atoms with Crippen molar-refractivity contribution in [3.05, 3.63) is 11.4 Å². The molecule has 1 aromatic rings. The summed E-state index contributed by atoms with van der Waals surface area (Å²) >= 11 is 0. The average Bonchev–Trinajstić information content (AvgIpc) is 2.32. The van der Waals surface area contributed by atoms with Crippen LogP contribution in [0.1, 0.15) is 50.9 Å². The number of hydrogen-bond acceptors (Lipinski definition) is 2. The first-order valence-electron chi connectivity index (χ1n) is 3.98. The minimum atomic E-state index is 0. The van der Waals surface area contributed by atoms with E-state index in [2.05, 4.69) is 43.1 Å². The summed E-state index contributed by atoms with van der Waals surface area (Å²) in [6, 6.07) is 0. The second-order valence-corrected chi connectivity index (χ2v) is 3.37. The van der Waals surface area contributed by atoms with Gasteiger partial charge < -0.3 is 10.2 Å². The van der Waals surface area contributed by atoms with Gasteiger partial charge in [-0.1, -0.05) is 27.7 Å². The van der Waals surface area contributed by atoms with Crippen molar-refractivity contribution >= 4 is 0 Å². The van der Waals surface area contributed by atoms with Gasteiger partial charge in [0, 0.05) is 32.7 Å². The van der Waals surface area contributed by atoms with Gasteiger partial charge in [-0.3, -0.25) is 5.21 Å². The van der Waals surface area contributed by atoms with Gasteiger partial charge in [-0.05, 0) is 23.2 Å². The fourth-order valence-electron chi connectivity index (χ4n) is 1.04. The van der Waals surface area contributed by atoms with Crippen LogP contribution in [-0.4, -0.2) is 10.3 Å². The van der Waals surface area contributed by atoms with Crippen molar-refractivity contribution in [3.63, 3.8) is 0 Å². The van der Waals surface area contributed by atoms with Gasteiger partial charge in [-0.2, -0.15) is 0 Å². The summed E-state index contributed by atoms with van der Waals surface area (Å²) in [7, 11) is 0. The molecule has 0 aliphatic rings. The molecule has 65 valence electrons. The Hall–Kier alpha value is 0.244. The van der Waals surface area contributed by atoms with E-state index in [1.54, 1.807) is 0 Å². The molecule has 1 rings (SSSR count). The van der Waals surface area contributed by atoms with Gasteiger partial charge in [0.1, 0.15) is 0 Å². The third-order valence-corrected chi connectivity index (χ3v) is 1.66. The van der Waals surface area contributed by atoms with E-state index in [-0.39, 0.29) is 32.7 Å². The van der Waals surface area contributed by atoms with Gasteiger partial charge in [0.15, 0.2) is 0 Å². The first-order valence-corrected chi connectivity index (χ1v) is 3.98. The quantitative estimate of drug-likeness (QED) is 0.790. The van der Waals surface area contributed by atoms with Crippen molar-refractivity contribution in [2.24, 2.45) is 0 Å². The van der Waals surface area contributed by atoms with Crippen molar-refractivity contribution in [1.29, 1.82) is 0 Å². The van der Waals surface area contributed by atoms with Crippen LogP contribution < -0.4 is 5.10 Å². The third kappa shape index (κ3) is 2.63. The first kappa shape index (κ1) is 12.2. The SMILES string of the molecule is CC(C)c1nn[n-]c1C(C)C.[Y]. The topological polar surface area (TPSA) is 39.9 Å². The third-order valence-electron chi connectivity index (χ3n) is 1.66. The molecule has 0 aliphatic heterocycles. The predicted molar refractivity (Wildman–Crippen MR) is 43.5 cm³/mol. The Morgan fingerprint density at radius 3 is 2.00 bits per heavy atom. The molecule has 0 spiro atoms. The monoisotopic (exact) mass is 241 g/mol. The zero-order valence-corrected chi connectivity index (χ0v) is 10.9. The molecule has 0 aromatic carbocycles. The minimum Gasteiger partial charge on any atom is -0.354 e. The molecule has 0 saturated heterocycles. The number of aromatic nitrogens is 3. The van der Waals surface area contributed by atoms with Crippen LogP contribution in [0.4, 0.5) is 0 Å². The zero-order valence-electron chi connectivity index (χ0n) is 8.07. The van der Waals surface area contributed by atoms with Gasteiger partial charge in [-0.25, -0.2) is 0 Å². The summed E-state index contributed by atoms with van der Waals surface area (Å²) in [6.45, 7) is 8.43. The summed E-state index contributed by atoms with van der Waals surface area (Å²) < 4.78 is 0. The van der Waals surface area contributed by atoms with Crippen LogP contribution in [0.3, 0.4) is 0 Å². The molecular weight excluding hydrogens is 227 g/mol. The summed E-state index contributed by atoms with van der Waals surface area (Å²) in [5, 5.41) is 11.6. The van der Waals surface area contributed by atoms with Crippen LogP contribution in [0.2, 0.25) is 0 Å². The molecule has 0 saturated carbocycles. The fraction of sp³-hybridized carbons (Fsp3) is 0.750. The maximum absolute atomic E-state index is 3.98. The second kappa shape index (κ2) is 5.08. The van der Waals surface area contributed by atoms with Crippen molar-refractivity contribution in [2.75, 3.05) is 0 Å². The maximum Gasteiger partial charge on any atom is 0 e. The Labute approximate surface area is 98.6 Å². The molecule has 0 amide bonds. The number of rotatable bonds is 2. The molecule has 0 aliphatic carbocycles. The predicted octanol–water partition coefficient (Wildman–Crippen LogP) is 1.68. The van der Waals surface area contributed by atoms with E-state index >= 15 is 0 Å². The molecule has 3 nitrogen and oxygen atoms in total. The van der Waals surface area contributed by atoms with E-state index in [0.717, 1.165) is 11.4 Å². The Morgan fingerprint density at radius 1 is 1.08 bits per heavy atom. The largest absolute Gasteiger partial charge is 0.354 e. The van der Waals surface area contributed by atoms with Gasteiger partial charge in [-0.15, -0.1) is 0 Å². The number of hydrogen-bond donors (Lipinski definition) is 0. The normalized spacial score (nSPS) is 10.5. The standard InChI is InChI=1S/C8H14N3.Y/c1-5(2)7-8(6(3)4)10-11-9-7;/h5-6H,1-4H3;/q-1;. The summed E-state index contributed by atoms with van der Waals surface area (Å²) in [5.41, 5.74) is 2.08. The van der Waals surface area contributed by atoms with E-state index in [9.17, 15) is 0 Å². The van der Waals surface area contributed by atoms with Gasteiger partial charge in [0.2, 0.25) is 0 Å². The molecule has 12 heavy (non-hydrogen) atoms. The smallest absolute Gasteiger partial charge is 0 e. The van der Waals surface area contributed by atoms with Crippen molar-refractivity contribution < 1.29 is 32.7 Å². The van der Waals surface area contributed by atoms with E-state index in [4.69, 9.17) is 0 Å². The fourth-order valence-corrected chi connectivity index (χ4v) is 1.04. The average molecular weight is 241 g/mol. The molecule has 0 atom stereocenters. The van der Waals surface area contributed by atoms with Gasteiger partial charge >= 0.3 is 0 Å². The van der Waals surface area contributed by atoms with Crippen LogP contribution in [-0.2, 0) is 32.7 Å². The molecule has 0 unspecified atom stereocenters.